The molecular weight excluding hydrogens is 410 g/mol. The highest BCUT2D eigenvalue weighted by molar-refractivity contribution is 6.07. The van der Waals surface area contributed by atoms with Gasteiger partial charge in [-0.25, -0.2) is 14.5 Å². The van der Waals surface area contributed by atoms with Crippen LogP contribution in [0.15, 0.2) is 46.5 Å². The topological polar surface area (TPSA) is 132 Å². The molecule has 0 saturated carbocycles. The van der Waals surface area contributed by atoms with Crippen LogP contribution in [-0.2, 0) is 6.54 Å². The van der Waals surface area contributed by atoms with E-state index >= 15 is 0 Å². The van der Waals surface area contributed by atoms with E-state index in [1.54, 1.807) is 35.3 Å². The minimum Gasteiger partial charge on any atom is -0.383 e. The van der Waals surface area contributed by atoms with Crippen molar-refractivity contribution in [1.29, 1.82) is 0 Å². The molecule has 170 valence electrons. The number of aromatic amines is 1. The van der Waals surface area contributed by atoms with Crippen LogP contribution < -0.4 is 21.9 Å². The minimum absolute atomic E-state index is 0.00328. The number of unbranched alkanes of at least 4 members (excludes halogenated alkanes) is 1. The Morgan fingerprint density at radius 1 is 1.22 bits per heavy atom. The SMILES string of the molecule is CCCCn1c(N)c(N(CCC(C)C)C(=O)c2ccc(-n3cncn3)cc2)c(=O)[nH]c1=O. The highest BCUT2D eigenvalue weighted by atomic mass is 16.2. The Hall–Kier alpha value is -3.69. The lowest BCUT2D eigenvalue weighted by molar-refractivity contribution is 0.0985. The predicted octanol–water partition coefficient (Wildman–Crippen LogP) is 2.19. The van der Waals surface area contributed by atoms with Crippen molar-refractivity contribution in [3.8, 4) is 5.69 Å². The smallest absolute Gasteiger partial charge is 0.330 e. The van der Waals surface area contributed by atoms with Crippen molar-refractivity contribution in [2.75, 3.05) is 17.2 Å². The maximum Gasteiger partial charge on any atom is 0.330 e. The van der Waals surface area contributed by atoms with E-state index in [2.05, 4.69) is 15.1 Å². The van der Waals surface area contributed by atoms with E-state index in [1.165, 1.54) is 15.8 Å². The van der Waals surface area contributed by atoms with Crippen LogP contribution in [0.3, 0.4) is 0 Å². The number of rotatable bonds is 9. The summed E-state index contributed by atoms with van der Waals surface area (Å²) in [6.45, 7) is 6.72. The van der Waals surface area contributed by atoms with Gasteiger partial charge in [-0.15, -0.1) is 0 Å². The fraction of sp³-hybridized carbons (Fsp3) is 0.409. The third kappa shape index (κ3) is 4.96. The van der Waals surface area contributed by atoms with E-state index in [4.69, 9.17) is 5.73 Å². The lowest BCUT2D eigenvalue weighted by Gasteiger charge is -2.25. The first-order valence-corrected chi connectivity index (χ1v) is 10.7. The summed E-state index contributed by atoms with van der Waals surface area (Å²) in [6.07, 6.45) is 5.23. The molecule has 1 amide bonds. The number of nitrogen functional groups attached to an aromatic ring is 1. The quantitative estimate of drug-likeness (QED) is 0.525. The number of nitrogens with one attached hydrogen (secondary N) is 1. The van der Waals surface area contributed by atoms with Gasteiger partial charge >= 0.3 is 5.69 Å². The molecule has 1 aromatic carbocycles. The molecule has 10 nitrogen and oxygen atoms in total. The average Bonchev–Trinajstić information content (AvgIpc) is 3.30. The molecular formula is C22H29N7O3. The van der Waals surface area contributed by atoms with Crippen molar-refractivity contribution in [2.45, 2.75) is 46.6 Å². The number of nitrogens with two attached hydrogens (primary N) is 1. The number of amides is 1. The summed E-state index contributed by atoms with van der Waals surface area (Å²) in [5.41, 5.74) is 6.17. The number of hydrogen-bond acceptors (Lipinski definition) is 6. The Balaban J connectivity index is 2.02. The van der Waals surface area contributed by atoms with Gasteiger partial charge in [0, 0.05) is 18.7 Å². The van der Waals surface area contributed by atoms with Crippen molar-refractivity contribution >= 4 is 17.4 Å². The molecule has 2 aromatic heterocycles. The Bertz CT molecular complexity index is 1160. The van der Waals surface area contributed by atoms with Gasteiger partial charge in [-0.2, -0.15) is 5.10 Å². The first-order chi connectivity index (χ1) is 15.3. The van der Waals surface area contributed by atoms with Gasteiger partial charge in [-0.3, -0.25) is 19.1 Å². The highest BCUT2D eigenvalue weighted by Gasteiger charge is 2.25. The molecule has 0 spiro atoms. The number of carbonyl (C=O) groups excluding carboxylic acids is 1. The van der Waals surface area contributed by atoms with Crippen molar-refractivity contribution in [1.82, 2.24) is 24.3 Å². The molecule has 0 saturated heterocycles. The average molecular weight is 440 g/mol. The molecule has 0 atom stereocenters. The normalized spacial score (nSPS) is 11.1. The zero-order valence-corrected chi connectivity index (χ0v) is 18.6. The zero-order valence-electron chi connectivity index (χ0n) is 18.6. The molecule has 32 heavy (non-hydrogen) atoms. The summed E-state index contributed by atoms with van der Waals surface area (Å²) in [7, 11) is 0. The molecule has 0 aliphatic carbocycles. The van der Waals surface area contributed by atoms with Crippen molar-refractivity contribution < 1.29 is 4.79 Å². The van der Waals surface area contributed by atoms with Crippen molar-refractivity contribution in [3.05, 3.63) is 63.3 Å². The summed E-state index contributed by atoms with van der Waals surface area (Å²) in [4.78, 5) is 46.1. The van der Waals surface area contributed by atoms with Gasteiger partial charge in [0.2, 0.25) is 0 Å². The molecule has 0 aliphatic heterocycles. The second-order valence-corrected chi connectivity index (χ2v) is 8.02. The number of carbonyl (C=O) groups is 1. The lowest BCUT2D eigenvalue weighted by Crippen LogP contribution is -2.42. The van der Waals surface area contributed by atoms with Crippen molar-refractivity contribution in [3.63, 3.8) is 0 Å². The van der Waals surface area contributed by atoms with Crippen LogP contribution in [0.4, 0.5) is 11.5 Å². The van der Waals surface area contributed by atoms with Gasteiger partial charge in [-0.05, 0) is 43.0 Å². The zero-order chi connectivity index (χ0) is 23.3. The molecule has 3 rings (SSSR count). The number of aromatic nitrogens is 5. The van der Waals surface area contributed by atoms with E-state index < -0.39 is 11.2 Å². The molecule has 0 radical (unpaired) electrons. The van der Waals surface area contributed by atoms with Crippen LogP contribution in [0.1, 0.15) is 50.4 Å². The van der Waals surface area contributed by atoms with Gasteiger partial charge in [0.1, 0.15) is 18.5 Å². The lowest BCUT2D eigenvalue weighted by atomic mass is 10.1. The fourth-order valence-corrected chi connectivity index (χ4v) is 3.33. The monoisotopic (exact) mass is 439 g/mol. The molecule has 10 heteroatoms. The molecule has 0 fully saturated rings. The predicted molar refractivity (Wildman–Crippen MR) is 123 cm³/mol. The molecule has 2 heterocycles. The Morgan fingerprint density at radius 2 is 1.94 bits per heavy atom. The highest BCUT2D eigenvalue weighted by Crippen LogP contribution is 2.22. The molecule has 3 aromatic rings. The number of H-pyrrole nitrogens is 1. The summed E-state index contributed by atoms with van der Waals surface area (Å²) in [6, 6.07) is 6.83. The third-order valence-corrected chi connectivity index (χ3v) is 5.19. The van der Waals surface area contributed by atoms with Crippen LogP contribution in [0.5, 0.6) is 0 Å². The van der Waals surface area contributed by atoms with Crippen LogP contribution in [0.2, 0.25) is 0 Å². The first kappa shape index (κ1) is 23.0. The standard InChI is InChI=1S/C22H29N7O3/c1-4-5-11-28-19(23)18(20(30)26-22(28)32)27(12-10-15(2)3)21(31)16-6-8-17(9-7-16)29-14-24-13-25-29/h6-9,13-15H,4-5,10-12,23H2,1-3H3,(H,26,30,32). The number of hydrogen-bond donors (Lipinski definition) is 2. The number of anilines is 2. The second-order valence-electron chi connectivity index (χ2n) is 8.02. The summed E-state index contributed by atoms with van der Waals surface area (Å²) in [5.74, 6) is -0.0662. The molecule has 3 N–H and O–H groups in total. The van der Waals surface area contributed by atoms with Crippen LogP contribution >= 0.6 is 0 Å². The fourth-order valence-electron chi connectivity index (χ4n) is 3.33. The summed E-state index contributed by atoms with van der Waals surface area (Å²) in [5, 5.41) is 4.07. The van der Waals surface area contributed by atoms with Crippen LogP contribution in [0.25, 0.3) is 5.69 Å². The van der Waals surface area contributed by atoms with Gasteiger partial charge < -0.3 is 10.6 Å². The number of benzene rings is 1. The van der Waals surface area contributed by atoms with Gasteiger partial charge in [0.25, 0.3) is 11.5 Å². The Kier molecular flexibility index (Phi) is 7.24. The van der Waals surface area contributed by atoms with Crippen molar-refractivity contribution in [2.24, 2.45) is 5.92 Å². The molecule has 0 bridgehead atoms. The van der Waals surface area contributed by atoms with Gasteiger partial charge in [0.05, 0.1) is 5.69 Å². The van der Waals surface area contributed by atoms with E-state index in [-0.39, 0.29) is 17.4 Å². The maximum absolute atomic E-state index is 13.5. The summed E-state index contributed by atoms with van der Waals surface area (Å²) >= 11 is 0. The Morgan fingerprint density at radius 3 is 2.53 bits per heavy atom. The first-order valence-electron chi connectivity index (χ1n) is 10.7. The van der Waals surface area contributed by atoms with E-state index in [0.29, 0.717) is 31.0 Å². The third-order valence-electron chi connectivity index (χ3n) is 5.19. The minimum atomic E-state index is -0.670. The molecule has 0 aliphatic rings. The largest absolute Gasteiger partial charge is 0.383 e. The number of nitrogens with zero attached hydrogens (tertiary/aromatic N) is 5. The van der Waals surface area contributed by atoms with E-state index in [0.717, 1.165) is 18.5 Å². The second kappa shape index (κ2) is 10.1. The summed E-state index contributed by atoms with van der Waals surface area (Å²) < 4.78 is 2.90. The van der Waals surface area contributed by atoms with Gasteiger partial charge in [0.15, 0.2) is 5.69 Å². The van der Waals surface area contributed by atoms with Crippen LogP contribution in [0, 0.1) is 5.92 Å². The Labute approximate surface area is 185 Å². The van der Waals surface area contributed by atoms with Crippen LogP contribution in [-0.4, -0.2) is 36.8 Å². The van der Waals surface area contributed by atoms with Gasteiger partial charge in [-0.1, -0.05) is 27.2 Å². The maximum atomic E-state index is 13.5. The van der Waals surface area contributed by atoms with E-state index in [1.807, 2.05) is 20.8 Å². The molecule has 0 unspecified atom stereocenters. The van der Waals surface area contributed by atoms with E-state index in [9.17, 15) is 14.4 Å².